The van der Waals surface area contributed by atoms with Crippen molar-refractivity contribution >= 4 is 0 Å². The maximum absolute atomic E-state index is 5.21. The van der Waals surface area contributed by atoms with Crippen molar-refractivity contribution in [3.05, 3.63) is 23.4 Å². The highest BCUT2D eigenvalue weighted by Gasteiger charge is 1.77. The van der Waals surface area contributed by atoms with Gasteiger partial charge >= 0.3 is 0 Å². The smallest absolute Gasteiger partial charge is 0.00326 e. The lowest BCUT2D eigenvalue weighted by atomic mass is 10.2. The molecule has 1 nitrogen and oxygen atoms in total. The molecule has 0 aromatic heterocycles. The van der Waals surface area contributed by atoms with Crippen LogP contribution in [0.4, 0.5) is 0 Å². The first-order valence-electron chi connectivity index (χ1n) is 2.70. The third-order valence-electron chi connectivity index (χ3n) is 0.779. The van der Waals surface area contributed by atoms with Crippen LogP contribution in [0.2, 0.25) is 0 Å². The van der Waals surface area contributed by atoms with Crippen LogP contribution in [0.15, 0.2) is 23.4 Å². The second kappa shape index (κ2) is 3.30. The third kappa shape index (κ3) is 3.47. The van der Waals surface area contributed by atoms with Gasteiger partial charge in [0.25, 0.3) is 0 Å². The molecule has 0 atom stereocenters. The Bertz CT molecular complexity index is 116. The SMILES string of the molecule is CC(C)=C/C(C)=C\N. The van der Waals surface area contributed by atoms with Gasteiger partial charge in [-0.15, -0.1) is 0 Å². The fraction of sp³-hybridized carbons (Fsp3) is 0.429. The molecule has 0 unspecified atom stereocenters. The largest absolute Gasteiger partial charge is 0.404 e. The quantitative estimate of drug-likeness (QED) is 0.513. The fourth-order valence-electron chi connectivity index (χ4n) is 0.503. The lowest BCUT2D eigenvalue weighted by Crippen LogP contribution is -1.80. The van der Waals surface area contributed by atoms with E-state index in [-0.39, 0.29) is 0 Å². The number of hydrogen-bond donors (Lipinski definition) is 1. The lowest BCUT2D eigenvalue weighted by Gasteiger charge is -1.88. The number of rotatable bonds is 1. The van der Waals surface area contributed by atoms with Crippen molar-refractivity contribution in [1.29, 1.82) is 0 Å². The van der Waals surface area contributed by atoms with Crippen molar-refractivity contribution in [2.75, 3.05) is 0 Å². The van der Waals surface area contributed by atoms with Crippen LogP contribution in [-0.4, -0.2) is 0 Å². The molecule has 0 fully saturated rings. The molecule has 0 saturated carbocycles. The minimum Gasteiger partial charge on any atom is -0.404 e. The maximum atomic E-state index is 5.21. The molecule has 0 aromatic carbocycles. The van der Waals surface area contributed by atoms with E-state index in [0.29, 0.717) is 0 Å². The van der Waals surface area contributed by atoms with Gasteiger partial charge in [0.05, 0.1) is 0 Å². The van der Waals surface area contributed by atoms with Gasteiger partial charge in [-0.1, -0.05) is 11.6 Å². The molecule has 2 N–H and O–H groups in total. The highest BCUT2D eigenvalue weighted by molar-refractivity contribution is 5.17. The molecular formula is C7H13N. The molecule has 0 saturated heterocycles. The van der Waals surface area contributed by atoms with E-state index in [1.165, 1.54) is 5.57 Å². The van der Waals surface area contributed by atoms with Crippen molar-refractivity contribution < 1.29 is 0 Å². The van der Waals surface area contributed by atoms with E-state index in [4.69, 9.17) is 5.73 Å². The van der Waals surface area contributed by atoms with Crippen LogP contribution in [0.5, 0.6) is 0 Å². The zero-order chi connectivity index (χ0) is 6.57. The van der Waals surface area contributed by atoms with Crippen molar-refractivity contribution in [2.24, 2.45) is 5.73 Å². The van der Waals surface area contributed by atoms with Gasteiger partial charge in [-0.2, -0.15) is 0 Å². The Morgan fingerprint density at radius 3 is 1.88 bits per heavy atom. The Morgan fingerprint density at radius 2 is 1.75 bits per heavy atom. The number of hydrogen-bond acceptors (Lipinski definition) is 1. The summed E-state index contributed by atoms with van der Waals surface area (Å²) < 4.78 is 0. The second-order valence-corrected chi connectivity index (χ2v) is 2.13. The molecule has 1 heteroatoms. The summed E-state index contributed by atoms with van der Waals surface area (Å²) in [5, 5.41) is 0. The topological polar surface area (TPSA) is 26.0 Å². The van der Waals surface area contributed by atoms with Crippen LogP contribution in [0.1, 0.15) is 20.8 Å². The minimum absolute atomic E-state index is 1.12. The highest BCUT2D eigenvalue weighted by atomic mass is 14.5. The highest BCUT2D eigenvalue weighted by Crippen LogP contribution is 1.96. The van der Waals surface area contributed by atoms with E-state index in [9.17, 15) is 0 Å². The zero-order valence-corrected chi connectivity index (χ0v) is 5.73. The predicted molar refractivity (Wildman–Crippen MR) is 37.4 cm³/mol. The van der Waals surface area contributed by atoms with Crippen LogP contribution in [0.3, 0.4) is 0 Å². The van der Waals surface area contributed by atoms with Gasteiger partial charge < -0.3 is 5.73 Å². The van der Waals surface area contributed by atoms with E-state index in [1.807, 2.05) is 26.8 Å². The Balaban J connectivity index is 3.89. The molecule has 0 aliphatic heterocycles. The normalized spacial score (nSPS) is 11.1. The molecule has 0 amide bonds. The van der Waals surface area contributed by atoms with Crippen molar-refractivity contribution in [3.63, 3.8) is 0 Å². The second-order valence-electron chi connectivity index (χ2n) is 2.13. The van der Waals surface area contributed by atoms with Crippen molar-refractivity contribution in [2.45, 2.75) is 20.8 Å². The molecule has 0 rings (SSSR count). The summed E-state index contributed by atoms with van der Waals surface area (Å²) in [6.07, 6.45) is 3.65. The van der Waals surface area contributed by atoms with Gasteiger partial charge in [-0.05, 0) is 32.5 Å². The van der Waals surface area contributed by atoms with Gasteiger partial charge in [0.15, 0.2) is 0 Å². The molecule has 8 heavy (non-hydrogen) atoms. The van der Waals surface area contributed by atoms with Crippen LogP contribution < -0.4 is 5.73 Å². The minimum atomic E-state index is 1.12. The first-order chi connectivity index (χ1) is 3.66. The van der Waals surface area contributed by atoms with Crippen LogP contribution in [-0.2, 0) is 0 Å². The zero-order valence-electron chi connectivity index (χ0n) is 5.73. The molecular weight excluding hydrogens is 98.1 g/mol. The Kier molecular flexibility index (Phi) is 3.01. The summed E-state index contributed by atoms with van der Waals surface area (Å²) in [5.74, 6) is 0. The summed E-state index contributed by atoms with van der Waals surface area (Å²) >= 11 is 0. The third-order valence-corrected chi connectivity index (χ3v) is 0.779. The van der Waals surface area contributed by atoms with Crippen molar-refractivity contribution in [3.8, 4) is 0 Å². The molecule has 0 radical (unpaired) electrons. The van der Waals surface area contributed by atoms with E-state index in [1.54, 1.807) is 6.20 Å². The lowest BCUT2D eigenvalue weighted by molar-refractivity contribution is 1.33. The Labute approximate surface area is 50.9 Å². The van der Waals surface area contributed by atoms with Crippen LogP contribution in [0, 0.1) is 0 Å². The molecule has 0 bridgehead atoms. The fourth-order valence-corrected chi connectivity index (χ4v) is 0.503. The van der Waals surface area contributed by atoms with Crippen LogP contribution in [0.25, 0.3) is 0 Å². The summed E-state index contributed by atoms with van der Waals surface area (Å²) in [5.41, 5.74) is 7.61. The molecule has 0 aliphatic carbocycles. The van der Waals surface area contributed by atoms with E-state index in [2.05, 4.69) is 0 Å². The van der Waals surface area contributed by atoms with Gasteiger partial charge in [0.1, 0.15) is 0 Å². The maximum Gasteiger partial charge on any atom is -0.00326 e. The van der Waals surface area contributed by atoms with Gasteiger partial charge in [-0.25, -0.2) is 0 Å². The first kappa shape index (κ1) is 7.28. The summed E-state index contributed by atoms with van der Waals surface area (Å²) in [4.78, 5) is 0. The van der Waals surface area contributed by atoms with E-state index >= 15 is 0 Å². The molecule has 0 heterocycles. The van der Waals surface area contributed by atoms with Crippen molar-refractivity contribution in [1.82, 2.24) is 0 Å². The average molecular weight is 111 g/mol. The van der Waals surface area contributed by atoms with Gasteiger partial charge in [0.2, 0.25) is 0 Å². The Morgan fingerprint density at radius 1 is 1.25 bits per heavy atom. The number of nitrogens with two attached hydrogens (primary N) is 1. The monoisotopic (exact) mass is 111 g/mol. The van der Waals surface area contributed by atoms with Gasteiger partial charge in [0, 0.05) is 0 Å². The van der Waals surface area contributed by atoms with Gasteiger partial charge in [-0.3, -0.25) is 0 Å². The predicted octanol–water partition coefficient (Wildman–Crippen LogP) is 1.82. The van der Waals surface area contributed by atoms with E-state index in [0.717, 1.165) is 5.57 Å². The first-order valence-corrected chi connectivity index (χ1v) is 2.70. The Hall–Kier alpha value is -0.720. The molecule has 46 valence electrons. The molecule has 0 aliphatic rings. The standard InChI is InChI=1S/C7H13N/c1-6(2)4-7(3)5-8/h4-5H,8H2,1-3H3/b7-5-. The van der Waals surface area contributed by atoms with Crippen LogP contribution >= 0.6 is 0 Å². The summed E-state index contributed by atoms with van der Waals surface area (Å²) in [7, 11) is 0. The molecule has 0 aromatic rings. The van der Waals surface area contributed by atoms with E-state index < -0.39 is 0 Å². The molecule has 0 spiro atoms. The average Bonchev–Trinajstić information content (AvgIpc) is 1.65. The summed E-state index contributed by atoms with van der Waals surface area (Å²) in [6.45, 7) is 6.08. The number of allylic oxidation sites excluding steroid dienone is 3. The summed E-state index contributed by atoms with van der Waals surface area (Å²) in [6, 6.07) is 0.